The van der Waals surface area contributed by atoms with E-state index in [4.69, 9.17) is 0 Å². The molecular weight excluding hydrogens is 238 g/mol. The Morgan fingerprint density at radius 1 is 1.21 bits per heavy atom. The second kappa shape index (κ2) is 7.79. The fraction of sp³-hybridized carbons (Fsp3) is 0.533. The van der Waals surface area contributed by atoms with E-state index in [9.17, 15) is 4.79 Å². The minimum absolute atomic E-state index is 0.0836. The molecule has 1 saturated heterocycles. The smallest absolute Gasteiger partial charge is 0.315 e. The van der Waals surface area contributed by atoms with E-state index in [0.717, 1.165) is 25.1 Å². The summed E-state index contributed by atoms with van der Waals surface area (Å²) in [5, 5.41) is 9.26. The largest absolute Gasteiger partial charge is 0.338 e. The molecule has 1 atom stereocenters. The van der Waals surface area contributed by atoms with Gasteiger partial charge in [-0.1, -0.05) is 36.8 Å². The summed E-state index contributed by atoms with van der Waals surface area (Å²) in [4.78, 5) is 11.6. The van der Waals surface area contributed by atoms with Gasteiger partial charge in [0.2, 0.25) is 0 Å². The summed E-state index contributed by atoms with van der Waals surface area (Å²) in [5.41, 5.74) is 1.12. The fourth-order valence-corrected chi connectivity index (χ4v) is 2.37. The molecule has 2 rings (SSSR count). The lowest BCUT2D eigenvalue weighted by Crippen LogP contribution is -2.40. The maximum atomic E-state index is 11.6. The maximum absolute atomic E-state index is 11.6. The van der Waals surface area contributed by atoms with E-state index in [1.165, 1.54) is 19.3 Å². The van der Waals surface area contributed by atoms with Crippen molar-refractivity contribution in [2.24, 2.45) is 0 Å². The maximum Gasteiger partial charge on any atom is 0.315 e. The Labute approximate surface area is 115 Å². The summed E-state index contributed by atoms with van der Waals surface area (Å²) in [6.45, 7) is 2.43. The first-order chi connectivity index (χ1) is 9.34. The third-order valence-corrected chi connectivity index (χ3v) is 3.49. The lowest BCUT2D eigenvalue weighted by molar-refractivity contribution is 0.239. The van der Waals surface area contributed by atoms with E-state index < -0.39 is 0 Å². The van der Waals surface area contributed by atoms with Crippen LogP contribution in [0.25, 0.3) is 0 Å². The standard InChI is InChI=1S/C15H23N3O/c19-15(18-12-13-6-2-1-3-7-13)17-11-9-14-8-4-5-10-16-14/h1-3,6-7,14,16H,4-5,8-12H2,(H2,17,18,19). The number of nitrogens with one attached hydrogen (secondary N) is 3. The van der Waals surface area contributed by atoms with E-state index >= 15 is 0 Å². The zero-order valence-electron chi connectivity index (χ0n) is 11.3. The monoisotopic (exact) mass is 261 g/mol. The normalized spacial score (nSPS) is 18.8. The van der Waals surface area contributed by atoms with Crippen molar-refractivity contribution in [3.8, 4) is 0 Å². The van der Waals surface area contributed by atoms with Crippen molar-refractivity contribution in [2.75, 3.05) is 13.1 Å². The predicted molar refractivity (Wildman–Crippen MR) is 76.9 cm³/mol. The van der Waals surface area contributed by atoms with Crippen LogP contribution in [0, 0.1) is 0 Å². The minimum Gasteiger partial charge on any atom is -0.338 e. The summed E-state index contributed by atoms with van der Waals surface area (Å²) >= 11 is 0. The highest BCUT2D eigenvalue weighted by atomic mass is 16.2. The Hall–Kier alpha value is -1.55. The average molecular weight is 261 g/mol. The van der Waals surface area contributed by atoms with Gasteiger partial charge in [-0.05, 0) is 31.4 Å². The van der Waals surface area contributed by atoms with Crippen molar-refractivity contribution >= 4 is 6.03 Å². The molecule has 1 fully saturated rings. The van der Waals surface area contributed by atoms with Crippen LogP contribution in [0.1, 0.15) is 31.2 Å². The predicted octanol–water partition coefficient (Wildman–Crippen LogP) is 2.02. The molecule has 0 bridgehead atoms. The molecule has 1 unspecified atom stereocenters. The molecule has 3 N–H and O–H groups in total. The molecule has 0 radical (unpaired) electrons. The summed E-state index contributed by atoms with van der Waals surface area (Å²) in [6.07, 6.45) is 4.82. The molecule has 1 heterocycles. The number of hydrogen-bond donors (Lipinski definition) is 3. The van der Waals surface area contributed by atoms with Gasteiger partial charge < -0.3 is 16.0 Å². The molecular formula is C15H23N3O. The zero-order chi connectivity index (χ0) is 13.3. The number of benzene rings is 1. The molecule has 1 aromatic carbocycles. The molecule has 4 nitrogen and oxygen atoms in total. The summed E-state index contributed by atoms with van der Waals surface area (Å²) in [6, 6.07) is 10.4. The Bertz CT molecular complexity index is 374. The average Bonchev–Trinajstić information content (AvgIpc) is 2.47. The molecule has 19 heavy (non-hydrogen) atoms. The first kappa shape index (κ1) is 13.9. The van der Waals surface area contributed by atoms with Gasteiger partial charge in [-0.3, -0.25) is 0 Å². The topological polar surface area (TPSA) is 53.2 Å². The Morgan fingerprint density at radius 3 is 2.79 bits per heavy atom. The van der Waals surface area contributed by atoms with Gasteiger partial charge in [0.25, 0.3) is 0 Å². The van der Waals surface area contributed by atoms with Crippen LogP contribution in [0.4, 0.5) is 4.79 Å². The lowest BCUT2D eigenvalue weighted by atomic mass is 10.0. The zero-order valence-corrected chi connectivity index (χ0v) is 11.3. The summed E-state index contributed by atoms with van der Waals surface area (Å²) in [5.74, 6) is 0. The van der Waals surface area contributed by atoms with Gasteiger partial charge in [0.05, 0.1) is 0 Å². The number of hydrogen-bond acceptors (Lipinski definition) is 2. The van der Waals surface area contributed by atoms with Crippen molar-refractivity contribution in [1.29, 1.82) is 0 Å². The molecule has 1 aliphatic rings. The van der Waals surface area contributed by atoms with Crippen LogP contribution in [0.5, 0.6) is 0 Å². The van der Waals surface area contributed by atoms with Crippen molar-refractivity contribution < 1.29 is 4.79 Å². The number of urea groups is 1. The molecule has 0 aromatic heterocycles. The van der Waals surface area contributed by atoms with Crippen molar-refractivity contribution in [3.63, 3.8) is 0 Å². The molecule has 0 spiro atoms. The number of rotatable bonds is 5. The first-order valence-corrected chi connectivity index (χ1v) is 7.13. The van der Waals surface area contributed by atoms with Crippen LogP contribution in [0.2, 0.25) is 0 Å². The van der Waals surface area contributed by atoms with Crippen LogP contribution < -0.4 is 16.0 Å². The van der Waals surface area contributed by atoms with Gasteiger partial charge in [-0.25, -0.2) is 4.79 Å². The Morgan fingerprint density at radius 2 is 2.05 bits per heavy atom. The van der Waals surface area contributed by atoms with Gasteiger partial charge >= 0.3 is 6.03 Å². The van der Waals surface area contributed by atoms with Crippen molar-refractivity contribution in [1.82, 2.24) is 16.0 Å². The van der Waals surface area contributed by atoms with Crippen LogP contribution in [0.3, 0.4) is 0 Å². The molecule has 104 valence electrons. The van der Waals surface area contributed by atoms with Gasteiger partial charge in [-0.15, -0.1) is 0 Å². The second-order valence-electron chi connectivity index (χ2n) is 5.03. The number of piperidine rings is 1. The van der Waals surface area contributed by atoms with Crippen molar-refractivity contribution in [2.45, 2.75) is 38.3 Å². The number of amides is 2. The lowest BCUT2D eigenvalue weighted by Gasteiger charge is -2.23. The van der Waals surface area contributed by atoms with E-state index in [0.29, 0.717) is 12.6 Å². The molecule has 2 amide bonds. The number of carbonyl (C=O) groups excluding carboxylic acids is 1. The molecule has 0 aliphatic carbocycles. The molecule has 4 heteroatoms. The third kappa shape index (κ3) is 5.30. The highest BCUT2D eigenvalue weighted by Gasteiger charge is 2.12. The van der Waals surface area contributed by atoms with Crippen molar-refractivity contribution in [3.05, 3.63) is 35.9 Å². The Balaban J connectivity index is 1.57. The van der Waals surface area contributed by atoms with E-state index in [-0.39, 0.29) is 6.03 Å². The summed E-state index contributed by atoms with van der Waals surface area (Å²) in [7, 11) is 0. The third-order valence-electron chi connectivity index (χ3n) is 3.49. The molecule has 1 aromatic rings. The van der Waals surface area contributed by atoms with Crippen LogP contribution in [0.15, 0.2) is 30.3 Å². The van der Waals surface area contributed by atoms with Crippen LogP contribution in [-0.2, 0) is 6.54 Å². The van der Waals surface area contributed by atoms with Crippen LogP contribution >= 0.6 is 0 Å². The highest BCUT2D eigenvalue weighted by molar-refractivity contribution is 5.73. The van der Waals surface area contributed by atoms with Gasteiger partial charge in [0, 0.05) is 19.1 Å². The quantitative estimate of drug-likeness (QED) is 0.759. The highest BCUT2D eigenvalue weighted by Crippen LogP contribution is 2.08. The van der Waals surface area contributed by atoms with Gasteiger partial charge in [0.15, 0.2) is 0 Å². The summed E-state index contributed by atoms with van der Waals surface area (Å²) < 4.78 is 0. The first-order valence-electron chi connectivity index (χ1n) is 7.13. The van der Waals surface area contributed by atoms with Gasteiger partial charge in [-0.2, -0.15) is 0 Å². The molecule has 0 saturated carbocycles. The Kier molecular flexibility index (Phi) is 5.69. The van der Waals surface area contributed by atoms with E-state index in [1.54, 1.807) is 0 Å². The van der Waals surface area contributed by atoms with Crippen LogP contribution in [-0.4, -0.2) is 25.2 Å². The van der Waals surface area contributed by atoms with E-state index in [1.807, 2.05) is 30.3 Å². The van der Waals surface area contributed by atoms with E-state index in [2.05, 4.69) is 16.0 Å². The minimum atomic E-state index is -0.0836. The van der Waals surface area contributed by atoms with Gasteiger partial charge in [0.1, 0.15) is 0 Å². The molecule has 1 aliphatic heterocycles. The number of carbonyl (C=O) groups is 1. The fourth-order valence-electron chi connectivity index (χ4n) is 2.37. The second-order valence-corrected chi connectivity index (χ2v) is 5.03. The SMILES string of the molecule is O=C(NCCC1CCCCN1)NCc1ccccc1.